The van der Waals surface area contributed by atoms with Crippen LogP contribution in [0.5, 0.6) is 0 Å². The molecule has 0 aliphatic rings. The lowest BCUT2D eigenvalue weighted by atomic mass is 10.1. The SMILES string of the molecule is NC(=O)C(OC(=O)c1sccc1-n1cccc1)c1ccccc1. The standard InChI is InChI=1S/C17H14N2O3S/c18-16(20)14(12-6-2-1-3-7-12)22-17(21)15-13(8-11-23-15)19-9-4-5-10-19/h1-11,14H,(H2,18,20). The minimum Gasteiger partial charge on any atom is -0.443 e. The molecule has 1 atom stereocenters. The van der Waals surface area contributed by atoms with Gasteiger partial charge in [-0.1, -0.05) is 30.3 Å². The Hall–Kier alpha value is -2.86. The lowest BCUT2D eigenvalue weighted by molar-refractivity contribution is -0.127. The number of carbonyl (C=O) groups is 2. The van der Waals surface area contributed by atoms with Crippen molar-refractivity contribution < 1.29 is 14.3 Å². The number of ether oxygens (including phenoxy) is 1. The van der Waals surface area contributed by atoms with Gasteiger partial charge in [0.1, 0.15) is 4.88 Å². The van der Waals surface area contributed by atoms with Crippen molar-refractivity contribution in [2.45, 2.75) is 6.10 Å². The third-order valence-corrected chi connectivity index (χ3v) is 4.18. The van der Waals surface area contributed by atoms with Crippen molar-refractivity contribution in [1.82, 2.24) is 4.57 Å². The average molecular weight is 326 g/mol. The molecule has 2 N–H and O–H groups in total. The van der Waals surface area contributed by atoms with E-state index >= 15 is 0 Å². The highest BCUT2D eigenvalue weighted by atomic mass is 32.1. The number of benzene rings is 1. The van der Waals surface area contributed by atoms with Gasteiger partial charge in [0.25, 0.3) is 5.91 Å². The van der Waals surface area contributed by atoms with Gasteiger partial charge in [0, 0.05) is 18.0 Å². The largest absolute Gasteiger partial charge is 0.443 e. The van der Waals surface area contributed by atoms with Crippen LogP contribution >= 0.6 is 11.3 Å². The second kappa shape index (κ2) is 6.50. The summed E-state index contributed by atoms with van der Waals surface area (Å²) in [5.74, 6) is -1.28. The van der Waals surface area contributed by atoms with Crippen LogP contribution in [-0.4, -0.2) is 16.4 Å². The molecule has 6 heteroatoms. The van der Waals surface area contributed by atoms with Crippen molar-refractivity contribution in [3.63, 3.8) is 0 Å². The molecule has 0 saturated carbocycles. The highest BCUT2D eigenvalue weighted by Gasteiger charge is 2.25. The summed E-state index contributed by atoms with van der Waals surface area (Å²) in [6.45, 7) is 0. The summed E-state index contributed by atoms with van der Waals surface area (Å²) >= 11 is 1.26. The molecule has 3 aromatic rings. The molecule has 0 fully saturated rings. The summed E-state index contributed by atoms with van der Waals surface area (Å²) in [7, 11) is 0. The highest BCUT2D eigenvalue weighted by molar-refractivity contribution is 7.12. The number of rotatable bonds is 5. The first kappa shape index (κ1) is 15.1. The van der Waals surface area contributed by atoms with Gasteiger partial charge in [0.15, 0.2) is 0 Å². The van der Waals surface area contributed by atoms with E-state index in [1.165, 1.54) is 11.3 Å². The topological polar surface area (TPSA) is 74.3 Å². The predicted octanol–water partition coefficient (Wildman–Crippen LogP) is 2.92. The first-order valence-corrected chi connectivity index (χ1v) is 7.81. The first-order chi connectivity index (χ1) is 11.2. The van der Waals surface area contributed by atoms with Crippen LogP contribution in [-0.2, 0) is 9.53 Å². The molecule has 0 aliphatic heterocycles. The highest BCUT2D eigenvalue weighted by Crippen LogP contribution is 2.25. The smallest absolute Gasteiger partial charge is 0.351 e. The molecule has 2 aromatic heterocycles. The zero-order valence-corrected chi connectivity index (χ0v) is 12.9. The third-order valence-electron chi connectivity index (χ3n) is 3.30. The van der Waals surface area contributed by atoms with Crippen LogP contribution in [0.25, 0.3) is 5.69 Å². The summed E-state index contributed by atoms with van der Waals surface area (Å²) in [5.41, 5.74) is 6.64. The number of thiophene rings is 1. The van der Waals surface area contributed by atoms with Gasteiger partial charge in [0.05, 0.1) is 5.69 Å². The second-order valence-corrected chi connectivity index (χ2v) is 5.74. The summed E-state index contributed by atoms with van der Waals surface area (Å²) in [5, 5.41) is 1.80. The maximum absolute atomic E-state index is 12.5. The molecule has 23 heavy (non-hydrogen) atoms. The lowest BCUT2D eigenvalue weighted by Crippen LogP contribution is -2.26. The zero-order chi connectivity index (χ0) is 16.2. The van der Waals surface area contributed by atoms with Gasteiger partial charge in [0.2, 0.25) is 6.10 Å². The van der Waals surface area contributed by atoms with E-state index in [2.05, 4.69) is 0 Å². The fourth-order valence-corrected chi connectivity index (χ4v) is 3.00. The summed E-state index contributed by atoms with van der Waals surface area (Å²) in [6.07, 6.45) is 2.56. The number of nitrogens with zero attached hydrogens (tertiary/aromatic N) is 1. The van der Waals surface area contributed by atoms with Crippen molar-refractivity contribution in [3.8, 4) is 5.69 Å². The molecule has 5 nitrogen and oxygen atoms in total. The quantitative estimate of drug-likeness (QED) is 0.733. The number of nitrogens with two attached hydrogens (primary N) is 1. The fraction of sp³-hybridized carbons (Fsp3) is 0.0588. The number of aromatic nitrogens is 1. The molecule has 0 saturated heterocycles. The number of primary amides is 1. The third kappa shape index (κ3) is 3.17. The molecule has 1 aromatic carbocycles. The molecular formula is C17H14N2O3S. The van der Waals surface area contributed by atoms with Crippen LogP contribution in [0.3, 0.4) is 0 Å². The van der Waals surface area contributed by atoms with E-state index in [1.54, 1.807) is 29.6 Å². The fourth-order valence-electron chi connectivity index (χ4n) is 2.23. The van der Waals surface area contributed by atoms with Gasteiger partial charge in [-0.05, 0) is 23.6 Å². The monoisotopic (exact) mass is 326 g/mol. The summed E-state index contributed by atoms with van der Waals surface area (Å²) in [4.78, 5) is 24.6. The molecule has 0 radical (unpaired) electrons. The van der Waals surface area contributed by atoms with E-state index in [0.717, 1.165) is 0 Å². The summed E-state index contributed by atoms with van der Waals surface area (Å²) < 4.78 is 7.18. The molecule has 0 spiro atoms. The second-order valence-electron chi connectivity index (χ2n) is 4.82. The van der Waals surface area contributed by atoms with Crippen LogP contribution in [0.2, 0.25) is 0 Å². The van der Waals surface area contributed by atoms with Crippen LogP contribution < -0.4 is 5.73 Å². The average Bonchev–Trinajstić information content (AvgIpc) is 3.23. The Bertz CT molecular complexity index is 810. The first-order valence-electron chi connectivity index (χ1n) is 6.93. The van der Waals surface area contributed by atoms with E-state index in [9.17, 15) is 9.59 Å². The minimum absolute atomic E-state index is 0.420. The van der Waals surface area contributed by atoms with Crippen LogP contribution in [0, 0.1) is 0 Å². The normalized spacial score (nSPS) is 11.8. The minimum atomic E-state index is -1.11. The van der Waals surface area contributed by atoms with E-state index < -0.39 is 18.0 Å². The lowest BCUT2D eigenvalue weighted by Gasteiger charge is -2.15. The van der Waals surface area contributed by atoms with Crippen molar-refractivity contribution in [2.24, 2.45) is 5.73 Å². The van der Waals surface area contributed by atoms with Gasteiger partial charge in [-0.3, -0.25) is 4.79 Å². The number of hydrogen-bond donors (Lipinski definition) is 1. The van der Waals surface area contributed by atoms with E-state index in [1.807, 2.05) is 41.2 Å². The Morgan fingerprint density at radius 3 is 2.39 bits per heavy atom. The molecule has 2 heterocycles. The van der Waals surface area contributed by atoms with E-state index in [4.69, 9.17) is 10.5 Å². The van der Waals surface area contributed by atoms with E-state index in [0.29, 0.717) is 16.1 Å². The molecule has 1 amide bonds. The van der Waals surface area contributed by atoms with Gasteiger partial charge < -0.3 is 15.0 Å². The molecule has 0 aliphatic carbocycles. The number of amides is 1. The maximum atomic E-state index is 12.5. The Morgan fingerprint density at radius 1 is 1.04 bits per heavy atom. The van der Waals surface area contributed by atoms with Crippen molar-refractivity contribution >= 4 is 23.2 Å². The van der Waals surface area contributed by atoms with Gasteiger partial charge in [-0.25, -0.2) is 4.79 Å². The zero-order valence-electron chi connectivity index (χ0n) is 12.1. The van der Waals surface area contributed by atoms with Gasteiger partial charge >= 0.3 is 5.97 Å². The molecular weight excluding hydrogens is 312 g/mol. The maximum Gasteiger partial charge on any atom is 0.351 e. The Kier molecular flexibility index (Phi) is 4.25. The predicted molar refractivity (Wildman–Crippen MR) is 87.4 cm³/mol. The van der Waals surface area contributed by atoms with Gasteiger partial charge in [-0.15, -0.1) is 11.3 Å². The number of esters is 1. The van der Waals surface area contributed by atoms with Crippen LogP contribution in [0.4, 0.5) is 0 Å². The Morgan fingerprint density at radius 2 is 1.74 bits per heavy atom. The van der Waals surface area contributed by atoms with Crippen LogP contribution in [0.1, 0.15) is 21.3 Å². The Balaban J connectivity index is 1.87. The van der Waals surface area contributed by atoms with Crippen molar-refractivity contribution in [1.29, 1.82) is 0 Å². The molecule has 0 bridgehead atoms. The number of carbonyl (C=O) groups excluding carboxylic acids is 2. The molecule has 116 valence electrons. The summed E-state index contributed by atoms with van der Waals surface area (Å²) in [6, 6.07) is 14.3. The van der Waals surface area contributed by atoms with Crippen molar-refractivity contribution in [2.75, 3.05) is 0 Å². The van der Waals surface area contributed by atoms with Crippen molar-refractivity contribution in [3.05, 3.63) is 76.7 Å². The van der Waals surface area contributed by atoms with E-state index in [-0.39, 0.29) is 0 Å². The van der Waals surface area contributed by atoms with Gasteiger partial charge in [-0.2, -0.15) is 0 Å². The number of hydrogen-bond acceptors (Lipinski definition) is 4. The molecule has 3 rings (SSSR count). The Labute approximate surface area is 136 Å². The van der Waals surface area contributed by atoms with Crippen LogP contribution in [0.15, 0.2) is 66.3 Å². The molecule has 1 unspecified atom stereocenters.